The average Bonchev–Trinajstić information content (AvgIpc) is 2.83. The Morgan fingerprint density at radius 3 is 2.84 bits per heavy atom. The summed E-state index contributed by atoms with van der Waals surface area (Å²) in [5.41, 5.74) is -1.18. The van der Waals surface area contributed by atoms with Gasteiger partial charge in [0.15, 0.2) is 5.67 Å². The van der Waals surface area contributed by atoms with Crippen molar-refractivity contribution in [1.29, 1.82) is 0 Å². The molecule has 0 amide bonds. The van der Waals surface area contributed by atoms with Crippen LogP contribution in [-0.2, 0) is 12.1 Å². The highest BCUT2D eigenvalue weighted by Gasteiger charge is 2.58. The van der Waals surface area contributed by atoms with E-state index in [1.165, 1.54) is 13.1 Å². The minimum absolute atomic E-state index is 0.0835. The van der Waals surface area contributed by atoms with Gasteiger partial charge >= 0.3 is 0 Å². The van der Waals surface area contributed by atoms with E-state index in [2.05, 4.69) is 26.1 Å². The topological polar surface area (TPSA) is 28.7 Å². The van der Waals surface area contributed by atoms with Crippen molar-refractivity contribution in [2.75, 3.05) is 0 Å². The number of aromatic nitrogens is 2. The summed E-state index contributed by atoms with van der Waals surface area (Å²) < 4.78 is 43.4. The molecule has 0 fully saturated rings. The summed E-state index contributed by atoms with van der Waals surface area (Å²) in [6.45, 7) is 1.45. The Hall–Kier alpha value is -1.04. The third-order valence-electron chi connectivity index (χ3n) is 3.94. The number of hydrogen-bond donors (Lipinski definition) is 1. The zero-order valence-corrected chi connectivity index (χ0v) is 11.8. The zero-order chi connectivity index (χ0) is 13.8. The third-order valence-corrected chi connectivity index (χ3v) is 4.76. The van der Waals surface area contributed by atoms with Gasteiger partial charge in [-0.3, -0.25) is 5.10 Å². The molecule has 1 aliphatic rings. The van der Waals surface area contributed by atoms with Crippen molar-refractivity contribution in [1.82, 2.24) is 10.2 Å². The average molecular weight is 333 g/mol. The van der Waals surface area contributed by atoms with Gasteiger partial charge in [-0.15, -0.1) is 0 Å². The maximum atomic E-state index is 15.0. The number of hydrogen-bond acceptors (Lipinski definition) is 1. The minimum Gasteiger partial charge on any atom is -0.278 e. The summed E-state index contributed by atoms with van der Waals surface area (Å²) in [5, 5.41) is 7.30. The van der Waals surface area contributed by atoms with E-state index in [1.807, 2.05) is 0 Å². The summed E-state index contributed by atoms with van der Waals surface area (Å²) in [4.78, 5) is 0. The molecule has 0 spiro atoms. The number of aromatic amines is 1. The van der Waals surface area contributed by atoms with Crippen LogP contribution in [0.1, 0.15) is 30.9 Å². The van der Waals surface area contributed by atoms with E-state index in [0.29, 0.717) is 15.4 Å². The van der Waals surface area contributed by atoms with Gasteiger partial charge in [0.1, 0.15) is 0 Å². The number of H-pyrrole nitrogens is 1. The first-order chi connectivity index (χ1) is 8.90. The Bertz CT molecular complexity index is 653. The molecule has 0 aliphatic heterocycles. The molecule has 1 atom stereocenters. The molecule has 1 heterocycles. The zero-order valence-electron chi connectivity index (χ0n) is 10.2. The predicted molar refractivity (Wildman–Crippen MR) is 70.1 cm³/mol. The fourth-order valence-electron chi connectivity index (χ4n) is 2.84. The van der Waals surface area contributed by atoms with Gasteiger partial charge < -0.3 is 0 Å². The van der Waals surface area contributed by atoms with Crippen LogP contribution in [0.3, 0.4) is 0 Å². The lowest BCUT2D eigenvalue weighted by atomic mass is 9.75. The molecule has 0 radical (unpaired) electrons. The van der Waals surface area contributed by atoms with E-state index in [0.717, 1.165) is 5.52 Å². The summed E-state index contributed by atoms with van der Waals surface area (Å²) in [7, 11) is 0. The lowest BCUT2D eigenvalue weighted by Crippen LogP contribution is -2.45. The fourth-order valence-corrected chi connectivity index (χ4v) is 3.72. The summed E-state index contributed by atoms with van der Waals surface area (Å²) >= 11 is 3.28. The number of halogens is 4. The van der Waals surface area contributed by atoms with Crippen LogP contribution in [0.25, 0.3) is 10.9 Å². The van der Waals surface area contributed by atoms with Crippen LogP contribution in [0, 0.1) is 0 Å². The Morgan fingerprint density at radius 2 is 2.16 bits per heavy atom. The second-order valence-electron chi connectivity index (χ2n) is 4.92. The summed E-state index contributed by atoms with van der Waals surface area (Å²) in [6.07, 6.45) is 0.968. The Balaban J connectivity index is 2.37. The highest BCUT2D eigenvalue weighted by Crippen LogP contribution is 2.54. The number of aryl methyl sites for hydroxylation is 1. The number of alkyl halides is 3. The van der Waals surface area contributed by atoms with Gasteiger partial charge in [-0.1, -0.05) is 6.92 Å². The molecule has 2 nitrogen and oxygen atoms in total. The largest absolute Gasteiger partial charge is 0.285 e. The number of rotatable bonds is 1. The molecule has 19 heavy (non-hydrogen) atoms. The number of fused-ring (bicyclic) bond motifs is 2. The number of nitrogens with one attached hydrogen (secondary N) is 1. The molecule has 1 aromatic carbocycles. The molecular formula is C13H12BrF3N2. The van der Waals surface area contributed by atoms with Gasteiger partial charge in [-0.05, 0) is 40.4 Å². The number of benzene rings is 1. The highest BCUT2D eigenvalue weighted by atomic mass is 79.9. The first kappa shape index (κ1) is 13.0. The molecule has 1 aliphatic carbocycles. The first-order valence-corrected chi connectivity index (χ1v) is 6.91. The maximum Gasteiger partial charge on any atom is 0.285 e. The first-order valence-electron chi connectivity index (χ1n) is 6.12. The highest BCUT2D eigenvalue weighted by molar-refractivity contribution is 9.10. The molecule has 3 rings (SSSR count). The van der Waals surface area contributed by atoms with Crippen LogP contribution in [-0.4, -0.2) is 16.1 Å². The molecule has 1 unspecified atom stereocenters. The van der Waals surface area contributed by atoms with Gasteiger partial charge in [0.2, 0.25) is 0 Å². The fraction of sp³-hybridized carbons (Fsp3) is 0.462. The van der Waals surface area contributed by atoms with Crippen molar-refractivity contribution in [2.24, 2.45) is 0 Å². The van der Waals surface area contributed by atoms with E-state index in [1.54, 1.807) is 6.07 Å². The Kier molecular flexibility index (Phi) is 2.71. The summed E-state index contributed by atoms with van der Waals surface area (Å²) in [5.74, 6) is -3.34. The van der Waals surface area contributed by atoms with Crippen LogP contribution < -0.4 is 0 Å². The van der Waals surface area contributed by atoms with E-state index < -0.39 is 18.0 Å². The molecule has 102 valence electrons. The maximum absolute atomic E-state index is 15.0. The van der Waals surface area contributed by atoms with Crippen LogP contribution in [0.15, 0.2) is 16.7 Å². The lowest BCUT2D eigenvalue weighted by Gasteiger charge is -2.39. The standard InChI is InChI=1S/C13H12BrF3N2/c1-2-12(15)10-7(3-4-13(12,16)17)5-9-8(11(10)14)6-18-19-9/h5-6H,2-4H2,1H3,(H,18,19). The SMILES string of the molecule is CCC1(F)c2c(cc3[nH]ncc3c2Br)CCC1(F)F. The van der Waals surface area contributed by atoms with E-state index >= 15 is 0 Å². The van der Waals surface area contributed by atoms with Gasteiger partial charge in [-0.2, -0.15) is 5.10 Å². The number of nitrogens with zero attached hydrogens (tertiary/aromatic N) is 1. The monoisotopic (exact) mass is 332 g/mol. The van der Waals surface area contributed by atoms with Crippen LogP contribution >= 0.6 is 15.9 Å². The molecular weight excluding hydrogens is 321 g/mol. The van der Waals surface area contributed by atoms with Gasteiger partial charge in [0, 0.05) is 21.8 Å². The van der Waals surface area contributed by atoms with E-state index in [4.69, 9.17) is 0 Å². The van der Waals surface area contributed by atoms with Gasteiger partial charge in [0.05, 0.1) is 11.7 Å². The van der Waals surface area contributed by atoms with Gasteiger partial charge in [-0.25, -0.2) is 13.2 Å². The second kappa shape index (κ2) is 3.98. The minimum atomic E-state index is -3.34. The van der Waals surface area contributed by atoms with Crippen molar-refractivity contribution in [3.8, 4) is 0 Å². The summed E-state index contributed by atoms with van der Waals surface area (Å²) in [6, 6.07) is 1.72. The van der Waals surface area contributed by atoms with Crippen LogP contribution in [0.5, 0.6) is 0 Å². The molecule has 0 saturated carbocycles. The normalized spacial score (nSPS) is 25.5. The second-order valence-corrected chi connectivity index (χ2v) is 5.71. The Morgan fingerprint density at radius 1 is 1.42 bits per heavy atom. The van der Waals surface area contributed by atoms with Crippen LogP contribution in [0.2, 0.25) is 0 Å². The van der Waals surface area contributed by atoms with Crippen molar-refractivity contribution >= 4 is 26.8 Å². The van der Waals surface area contributed by atoms with Crippen molar-refractivity contribution in [3.05, 3.63) is 27.9 Å². The molecule has 1 aromatic heterocycles. The smallest absolute Gasteiger partial charge is 0.278 e. The molecule has 2 aromatic rings. The quantitative estimate of drug-likeness (QED) is 0.819. The van der Waals surface area contributed by atoms with E-state index in [9.17, 15) is 13.2 Å². The van der Waals surface area contributed by atoms with Crippen molar-refractivity contribution in [3.63, 3.8) is 0 Å². The third kappa shape index (κ3) is 1.58. The lowest BCUT2D eigenvalue weighted by molar-refractivity contribution is -0.156. The Labute approximate surface area is 116 Å². The molecule has 1 N–H and O–H groups in total. The molecule has 6 heteroatoms. The van der Waals surface area contributed by atoms with Crippen molar-refractivity contribution < 1.29 is 13.2 Å². The molecule has 0 bridgehead atoms. The van der Waals surface area contributed by atoms with Gasteiger partial charge in [0.25, 0.3) is 5.92 Å². The van der Waals surface area contributed by atoms with E-state index in [-0.39, 0.29) is 18.4 Å². The molecule has 0 saturated heterocycles. The van der Waals surface area contributed by atoms with Crippen molar-refractivity contribution in [2.45, 2.75) is 37.8 Å². The predicted octanol–water partition coefficient (Wildman–Crippen LogP) is 4.48. The van der Waals surface area contributed by atoms with Crippen LogP contribution in [0.4, 0.5) is 13.2 Å².